The number of nitrogens with two attached hydrogens (primary N) is 1. The molecule has 4 N–H and O–H groups in total. The zero-order valence-corrected chi connectivity index (χ0v) is 11.1. The number of hydrogen-bond donors (Lipinski definition) is 3. The number of hydrogen-bond acceptors (Lipinski definition) is 6. The van der Waals surface area contributed by atoms with Crippen LogP contribution in [-0.2, 0) is 0 Å². The molecule has 0 aliphatic heterocycles. The molecule has 0 spiro atoms. The summed E-state index contributed by atoms with van der Waals surface area (Å²) < 4.78 is 5.34. The Morgan fingerprint density at radius 1 is 1.37 bits per heavy atom. The zero-order chi connectivity index (χ0) is 13.7. The van der Waals surface area contributed by atoms with Gasteiger partial charge in [0.25, 0.3) is 0 Å². The van der Waals surface area contributed by atoms with Gasteiger partial charge < -0.3 is 20.8 Å². The van der Waals surface area contributed by atoms with Crippen LogP contribution in [0.3, 0.4) is 0 Å². The van der Waals surface area contributed by atoms with Crippen LogP contribution in [0.5, 0.6) is 5.88 Å². The quantitative estimate of drug-likeness (QED) is 0.733. The molecule has 1 atom stereocenters. The van der Waals surface area contributed by atoms with Crippen LogP contribution in [0.2, 0.25) is 0 Å². The molecule has 0 aliphatic rings. The molecule has 0 aliphatic carbocycles. The number of aromatic nitrogens is 4. The first kappa shape index (κ1) is 13.1. The van der Waals surface area contributed by atoms with E-state index < -0.39 is 0 Å². The number of anilines is 2. The number of nitrogens with zero attached hydrogens (tertiary/aromatic N) is 3. The molecular formula is C12H18N6O. The summed E-state index contributed by atoms with van der Waals surface area (Å²) in [5, 5.41) is 3.25. The Bertz CT molecular complexity index is 513. The maximum Gasteiger partial charge on any atom is 0.242 e. The van der Waals surface area contributed by atoms with Crippen molar-refractivity contribution in [2.45, 2.75) is 26.3 Å². The summed E-state index contributed by atoms with van der Waals surface area (Å²) in [6, 6.07) is 0.0154. The largest absolute Gasteiger partial charge is 0.476 e. The van der Waals surface area contributed by atoms with E-state index in [1.807, 2.05) is 6.92 Å². The summed E-state index contributed by atoms with van der Waals surface area (Å²) in [5.74, 6) is 1.80. The molecule has 0 bridgehead atoms. The van der Waals surface area contributed by atoms with E-state index in [0.29, 0.717) is 24.0 Å². The van der Waals surface area contributed by atoms with Crippen molar-refractivity contribution in [2.24, 2.45) is 0 Å². The van der Waals surface area contributed by atoms with E-state index in [1.54, 1.807) is 12.4 Å². The molecule has 2 aromatic heterocycles. The third kappa shape index (κ3) is 2.93. The van der Waals surface area contributed by atoms with Gasteiger partial charge in [-0.1, -0.05) is 6.92 Å². The molecule has 0 fully saturated rings. The van der Waals surface area contributed by atoms with Gasteiger partial charge in [0.15, 0.2) is 5.82 Å². The van der Waals surface area contributed by atoms with Gasteiger partial charge in [0.1, 0.15) is 17.8 Å². The molecule has 2 heterocycles. The molecule has 1 unspecified atom stereocenters. The minimum atomic E-state index is 0.0154. The summed E-state index contributed by atoms with van der Waals surface area (Å²) in [6.45, 7) is 4.45. The van der Waals surface area contributed by atoms with E-state index in [-0.39, 0.29) is 6.04 Å². The van der Waals surface area contributed by atoms with Crippen LogP contribution in [0.25, 0.3) is 0 Å². The Labute approximate surface area is 111 Å². The van der Waals surface area contributed by atoms with E-state index in [1.165, 1.54) is 6.33 Å². The van der Waals surface area contributed by atoms with Gasteiger partial charge in [-0.3, -0.25) is 0 Å². The minimum absolute atomic E-state index is 0.0154. The number of rotatable bonds is 6. The van der Waals surface area contributed by atoms with Crippen LogP contribution in [0.1, 0.15) is 32.1 Å². The second-order valence-corrected chi connectivity index (χ2v) is 3.95. The second kappa shape index (κ2) is 6.03. The lowest BCUT2D eigenvalue weighted by molar-refractivity contribution is 0.328. The average molecular weight is 262 g/mol. The van der Waals surface area contributed by atoms with Crippen LogP contribution >= 0.6 is 0 Å². The standard InChI is InChI=1S/C12H18N6O/c1-3-8(10-14-5-6-15-10)18-11-9(13)12(19-4-2)17-7-16-11/h5-8H,3-4,13H2,1-2H3,(H,14,15)(H,16,17,18). The first-order valence-electron chi connectivity index (χ1n) is 6.25. The predicted molar refractivity (Wildman–Crippen MR) is 72.9 cm³/mol. The van der Waals surface area contributed by atoms with Crippen LogP contribution in [-0.4, -0.2) is 26.5 Å². The van der Waals surface area contributed by atoms with Gasteiger partial charge in [0, 0.05) is 12.4 Å². The van der Waals surface area contributed by atoms with Crippen molar-refractivity contribution in [3.63, 3.8) is 0 Å². The van der Waals surface area contributed by atoms with Crippen LogP contribution in [0.15, 0.2) is 18.7 Å². The molecule has 102 valence electrons. The fourth-order valence-corrected chi connectivity index (χ4v) is 1.74. The highest BCUT2D eigenvalue weighted by molar-refractivity contribution is 5.66. The van der Waals surface area contributed by atoms with Crippen molar-refractivity contribution in [3.8, 4) is 5.88 Å². The van der Waals surface area contributed by atoms with Gasteiger partial charge in [-0.2, -0.15) is 4.98 Å². The van der Waals surface area contributed by atoms with E-state index in [2.05, 4.69) is 32.2 Å². The first-order chi connectivity index (χ1) is 9.26. The first-order valence-corrected chi connectivity index (χ1v) is 6.25. The lowest BCUT2D eigenvalue weighted by atomic mass is 10.2. The summed E-state index contributed by atoms with van der Waals surface area (Å²) in [6.07, 6.45) is 5.78. The zero-order valence-electron chi connectivity index (χ0n) is 11.1. The average Bonchev–Trinajstić information content (AvgIpc) is 2.94. The Morgan fingerprint density at radius 2 is 2.21 bits per heavy atom. The highest BCUT2D eigenvalue weighted by atomic mass is 16.5. The Kier molecular flexibility index (Phi) is 4.17. The Balaban J connectivity index is 2.20. The molecule has 2 aromatic rings. The van der Waals surface area contributed by atoms with E-state index in [0.717, 1.165) is 12.2 Å². The highest BCUT2D eigenvalue weighted by Gasteiger charge is 2.16. The predicted octanol–water partition coefficient (Wildman–Crippen LogP) is 1.74. The maximum absolute atomic E-state index is 5.98. The molecular weight excluding hydrogens is 244 g/mol. The summed E-state index contributed by atoms with van der Waals surface area (Å²) >= 11 is 0. The van der Waals surface area contributed by atoms with Crippen LogP contribution in [0, 0.1) is 0 Å². The molecule has 0 aromatic carbocycles. The molecule has 19 heavy (non-hydrogen) atoms. The Hall–Kier alpha value is -2.31. The third-order valence-electron chi connectivity index (χ3n) is 2.70. The van der Waals surface area contributed by atoms with Gasteiger partial charge in [-0.25, -0.2) is 9.97 Å². The highest BCUT2D eigenvalue weighted by Crippen LogP contribution is 2.28. The van der Waals surface area contributed by atoms with Gasteiger partial charge in [0.2, 0.25) is 5.88 Å². The summed E-state index contributed by atoms with van der Waals surface area (Å²) in [4.78, 5) is 15.5. The number of imidazole rings is 1. The minimum Gasteiger partial charge on any atom is -0.476 e. The van der Waals surface area contributed by atoms with Gasteiger partial charge in [0.05, 0.1) is 12.6 Å². The van der Waals surface area contributed by atoms with Gasteiger partial charge in [-0.05, 0) is 13.3 Å². The van der Waals surface area contributed by atoms with Crippen LogP contribution in [0.4, 0.5) is 11.5 Å². The van der Waals surface area contributed by atoms with Gasteiger partial charge in [-0.15, -0.1) is 0 Å². The fraction of sp³-hybridized carbons (Fsp3) is 0.417. The van der Waals surface area contributed by atoms with Crippen molar-refractivity contribution >= 4 is 11.5 Å². The number of ether oxygens (including phenoxy) is 1. The monoisotopic (exact) mass is 262 g/mol. The topological polar surface area (TPSA) is 102 Å². The van der Waals surface area contributed by atoms with Crippen molar-refractivity contribution in [2.75, 3.05) is 17.7 Å². The van der Waals surface area contributed by atoms with Crippen molar-refractivity contribution < 1.29 is 4.74 Å². The van der Waals surface area contributed by atoms with Gasteiger partial charge >= 0.3 is 0 Å². The fourth-order valence-electron chi connectivity index (χ4n) is 1.74. The number of H-pyrrole nitrogens is 1. The number of nitrogens with one attached hydrogen (secondary N) is 2. The molecule has 0 saturated heterocycles. The molecule has 0 amide bonds. The SMILES string of the molecule is CCOc1ncnc(NC(CC)c2ncc[nH]2)c1N. The Morgan fingerprint density at radius 3 is 2.84 bits per heavy atom. The van der Waals surface area contributed by atoms with E-state index in [4.69, 9.17) is 10.5 Å². The van der Waals surface area contributed by atoms with Crippen molar-refractivity contribution in [1.82, 2.24) is 19.9 Å². The van der Waals surface area contributed by atoms with E-state index >= 15 is 0 Å². The third-order valence-corrected chi connectivity index (χ3v) is 2.70. The van der Waals surface area contributed by atoms with Crippen molar-refractivity contribution in [3.05, 3.63) is 24.5 Å². The van der Waals surface area contributed by atoms with Crippen molar-refractivity contribution in [1.29, 1.82) is 0 Å². The summed E-state index contributed by atoms with van der Waals surface area (Å²) in [7, 11) is 0. The maximum atomic E-state index is 5.98. The second-order valence-electron chi connectivity index (χ2n) is 3.95. The summed E-state index contributed by atoms with van der Waals surface area (Å²) in [5.41, 5.74) is 6.39. The number of nitrogen functional groups attached to an aromatic ring is 1. The molecule has 0 saturated carbocycles. The smallest absolute Gasteiger partial charge is 0.242 e. The normalized spacial score (nSPS) is 12.1. The number of aromatic amines is 1. The molecule has 2 rings (SSSR count). The van der Waals surface area contributed by atoms with Crippen LogP contribution < -0.4 is 15.8 Å². The van der Waals surface area contributed by atoms with E-state index in [9.17, 15) is 0 Å². The lowest BCUT2D eigenvalue weighted by Crippen LogP contribution is -2.14. The molecule has 7 nitrogen and oxygen atoms in total. The molecule has 0 radical (unpaired) electrons. The molecule has 7 heteroatoms. The lowest BCUT2D eigenvalue weighted by Gasteiger charge is -2.17.